The van der Waals surface area contributed by atoms with E-state index in [1.165, 1.54) is 0 Å². The van der Waals surface area contributed by atoms with Crippen LogP contribution in [0.3, 0.4) is 0 Å². The van der Waals surface area contributed by atoms with Crippen LogP contribution in [0.5, 0.6) is 0 Å². The van der Waals surface area contributed by atoms with Gasteiger partial charge in [-0.15, -0.1) is 0 Å². The Morgan fingerprint density at radius 2 is 2.29 bits per heavy atom. The fourth-order valence-electron chi connectivity index (χ4n) is 1.13. The second kappa shape index (κ2) is 6.56. The van der Waals surface area contributed by atoms with Crippen LogP contribution >= 0.6 is 27.3 Å². The molecule has 0 aromatic carbocycles. The third kappa shape index (κ3) is 3.69. The van der Waals surface area contributed by atoms with E-state index in [4.69, 9.17) is 4.74 Å². The van der Waals surface area contributed by atoms with E-state index in [9.17, 15) is 5.11 Å². The largest absolute Gasteiger partial charge is 0.388 e. The summed E-state index contributed by atoms with van der Waals surface area (Å²) < 4.78 is 6.31. The lowest BCUT2D eigenvalue weighted by Crippen LogP contribution is -2.03. The van der Waals surface area contributed by atoms with Crippen LogP contribution in [-0.4, -0.2) is 18.3 Å². The summed E-state index contributed by atoms with van der Waals surface area (Å²) >= 11 is 4.99. The van der Waals surface area contributed by atoms with E-state index in [1.807, 2.05) is 10.8 Å². The van der Waals surface area contributed by atoms with Crippen LogP contribution in [-0.2, 0) is 4.74 Å². The molecule has 1 atom stereocenters. The van der Waals surface area contributed by atoms with Gasteiger partial charge < -0.3 is 9.84 Å². The Morgan fingerprint density at radius 3 is 2.86 bits per heavy atom. The number of halogens is 1. The van der Waals surface area contributed by atoms with Crippen molar-refractivity contribution in [2.24, 2.45) is 0 Å². The van der Waals surface area contributed by atoms with Crippen LogP contribution in [0.1, 0.15) is 31.4 Å². The van der Waals surface area contributed by atoms with E-state index < -0.39 is 6.10 Å². The van der Waals surface area contributed by atoms with Crippen molar-refractivity contribution in [2.75, 3.05) is 13.2 Å². The van der Waals surface area contributed by atoms with E-state index >= 15 is 0 Å². The Bertz CT molecular complexity index is 262. The van der Waals surface area contributed by atoms with Crippen molar-refractivity contribution in [3.05, 3.63) is 20.8 Å². The van der Waals surface area contributed by atoms with Gasteiger partial charge in [-0.25, -0.2) is 0 Å². The zero-order chi connectivity index (χ0) is 10.4. The van der Waals surface area contributed by atoms with Crippen LogP contribution in [0.2, 0.25) is 0 Å². The van der Waals surface area contributed by atoms with Crippen molar-refractivity contribution in [1.82, 2.24) is 0 Å². The highest BCUT2D eigenvalue weighted by molar-refractivity contribution is 9.10. The maximum atomic E-state index is 9.79. The quantitative estimate of drug-likeness (QED) is 0.809. The molecule has 0 aliphatic rings. The zero-order valence-electron chi connectivity index (χ0n) is 8.20. The van der Waals surface area contributed by atoms with E-state index in [0.29, 0.717) is 13.0 Å². The monoisotopic (exact) mass is 278 g/mol. The Kier molecular flexibility index (Phi) is 5.70. The van der Waals surface area contributed by atoms with Crippen LogP contribution in [0.25, 0.3) is 0 Å². The van der Waals surface area contributed by atoms with Crippen molar-refractivity contribution in [1.29, 1.82) is 0 Å². The number of thiophene rings is 1. The van der Waals surface area contributed by atoms with Crippen LogP contribution in [0, 0.1) is 0 Å². The number of hydrogen-bond donors (Lipinski definition) is 1. The second-order valence-electron chi connectivity index (χ2n) is 3.09. The van der Waals surface area contributed by atoms with Crippen molar-refractivity contribution < 1.29 is 9.84 Å². The highest BCUT2D eigenvalue weighted by atomic mass is 79.9. The standard InChI is InChI=1S/C10H15BrO2S/c1-2-4-13-5-3-10(12)8-6-14-7-9(8)11/h6-7,10,12H,2-5H2,1H3. The lowest BCUT2D eigenvalue weighted by Gasteiger charge is -2.09. The molecule has 1 aromatic rings. The minimum Gasteiger partial charge on any atom is -0.388 e. The minimum absolute atomic E-state index is 0.410. The van der Waals surface area contributed by atoms with Gasteiger partial charge in [-0.05, 0) is 27.7 Å². The molecule has 1 N–H and O–H groups in total. The molecule has 0 spiro atoms. The second-order valence-corrected chi connectivity index (χ2v) is 4.69. The summed E-state index contributed by atoms with van der Waals surface area (Å²) in [7, 11) is 0. The van der Waals surface area contributed by atoms with Gasteiger partial charge in [0.15, 0.2) is 0 Å². The number of aliphatic hydroxyl groups excluding tert-OH is 1. The first-order valence-corrected chi connectivity index (χ1v) is 6.46. The summed E-state index contributed by atoms with van der Waals surface area (Å²) in [5.74, 6) is 0. The summed E-state index contributed by atoms with van der Waals surface area (Å²) in [5.41, 5.74) is 0.968. The number of aliphatic hydroxyl groups is 1. The third-order valence-corrected chi connectivity index (χ3v) is 3.64. The van der Waals surface area contributed by atoms with E-state index in [-0.39, 0.29) is 0 Å². The molecule has 4 heteroatoms. The first-order valence-electron chi connectivity index (χ1n) is 4.73. The molecule has 1 unspecified atom stereocenters. The van der Waals surface area contributed by atoms with Gasteiger partial charge in [0.05, 0.1) is 6.10 Å². The Labute approximate surface area is 97.0 Å². The van der Waals surface area contributed by atoms with Crippen LogP contribution < -0.4 is 0 Å². The summed E-state index contributed by atoms with van der Waals surface area (Å²) in [4.78, 5) is 0. The Balaban J connectivity index is 2.28. The topological polar surface area (TPSA) is 29.5 Å². The smallest absolute Gasteiger partial charge is 0.0831 e. The molecule has 0 saturated carbocycles. The van der Waals surface area contributed by atoms with Gasteiger partial charge in [0.2, 0.25) is 0 Å². The summed E-state index contributed by atoms with van der Waals surface area (Å²) in [6, 6.07) is 0. The van der Waals surface area contributed by atoms with E-state index in [0.717, 1.165) is 23.1 Å². The molecule has 14 heavy (non-hydrogen) atoms. The number of rotatable bonds is 6. The third-order valence-electron chi connectivity index (χ3n) is 1.89. The highest BCUT2D eigenvalue weighted by Gasteiger charge is 2.11. The van der Waals surface area contributed by atoms with Gasteiger partial charge in [-0.2, -0.15) is 11.3 Å². The fraction of sp³-hybridized carbons (Fsp3) is 0.600. The SMILES string of the molecule is CCCOCCC(O)c1cscc1Br. The predicted octanol–water partition coefficient (Wildman–Crippen LogP) is 3.36. The molecule has 0 radical (unpaired) electrons. The Morgan fingerprint density at radius 1 is 1.50 bits per heavy atom. The zero-order valence-corrected chi connectivity index (χ0v) is 10.6. The lowest BCUT2D eigenvalue weighted by molar-refractivity contribution is 0.0821. The molecule has 2 nitrogen and oxygen atoms in total. The van der Waals surface area contributed by atoms with Crippen molar-refractivity contribution in [3.8, 4) is 0 Å². The first-order chi connectivity index (χ1) is 6.75. The van der Waals surface area contributed by atoms with Gasteiger partial charge in [0.1, 0.15) is 0 Å². The molecule has 80 valence electrons. The molecule has 1 heterocycles. The summed E-state index contributed by atoms with van der Waals surface area (Å²) in [5, 5.41) is 13.7. The van der Waals surface area contributed by atoms with Gasteiger partial charge >= 0.3 is 0 Å². The average Bonchev–Trinajstić information content (AvgIpc) is 2.59. The molecular formula is C10H15BrO2S. The molecule has 0 saturated heterocycles. The minimum atomic E-state index is -0.410. The van der Waals surface area contributed by atoms with Crippen molar-refractivity contribution >= 4 is 27.3 Å². The fourth-order valence-corrected chi connectivity index (χ4v) is 2.73. The van der Waals surface area contributed by atoms with Crippen molar-refractivity contribution in [2.45, 2.75) is 25.9 Å². The maximum absolute atomic E-state index is 9.79. The first kappa shape index (κ1) is 12.2. The molecule has 0 aliphatic carbocycles. The summed E-state index contributed by atoms with van der Waals surface area (Å²) in [6.45, 7) is 3.47. The van der Waals surface area contributed by atoms with Gasteiger partial charge in [0, 0.05) is 35.1 Å². The molecule has 0 aliphatic heterocycles. The number of hydrogen-bond acceptors (Lipinski definition) is 3. The molecule has 0 fully saturated rings. The normalized spacial score (nSPS) is 13.1. The van der Waals surface area contributed by atoms with Crippen LogP contribution in [0.15, 0.2) is 15.2 Å². The lowest BCUT2D eigenvalue weighted by atomic mass is 10.1. The maximum Gasteiger partial charge on any atom is 0.0831 e. The Hall–Kier alpha value is 0.100. The molecular weight excluding hydrogens is 264 g/mol. The predicted molar refractivity (Wildman–Crippen MR) is 62.7 cm³/mol. The average molecular weight is 279 g/mol. The van der Waals surface area contributed by atoms with E-state index in [2.05, 4.69) is 22.9 Å². The number of ether oxygens (including phenoxy) is 1. The van der Waals surface area contributed by atoms with Crippen LogP contribution in [0.4, 0.5) is 0 Å². The van der Waals surface area contributed by atoms with Gasteiger partial charge in [-0.3, -0.25) is 0 Å². The van der Waals surface area contributed by atoms with E-state index in [1.54, 1.807) is 11.3 Å². The van der Waals surface area contributed by atoms with Gasteiger partial charge in [0.25, 0.3) is 0 Å². The molecule has 1 aromatic heterocycles. The van der Waals surface area contributed by atoms with Gasteiger partial charge in [-0.1, -0.05) is 6.92 Å². The molecule has 0 amide bonds. The van der Waals surface area contributed by atoms with Crippen molar-refractivity contribution in [3.63, 3.8) is 0 Å². The summed E-state index contributed by atoms with van der Waals surface area (Å²) in [6.07, 6.45) is 1.28. The molecule has 1 rings (SSSR count). The molecule has 0 bridgehead atoms. The highest BCUT2D eigenvalue weighted by Crippen LogP contribution is 2.28.